The Kier molecular flexibility index (Phi) is 11.3. The summed E-state index contributed by atoms with van der Waals surface area (Å²) in [4.78, 5) is 47.1. The Morgan fingerprint density at radius 2 is 1.88 bits per heavy atom. The number of benzene rings is 1. The van der Waals surface area contributed by atoms with Crippen molar-refractivity contribution in [2.24, 2.45) is 5.73 Å². The van der Waals surface area contributed by atoms with Crippen molar-refractivity contribution in [1.82, 2.24) is 20.2 Å². The Hall–Kier alpha value is -4.13. The Morgan fingerprint density at radius 1 is 1.17 bits per heavy atom. The zero-order valence-electron chi connectivity index (χ0n) is 25.3. The van der Waals surface area contributed by atoms with Crippen LogP contribution in [-0.4, -0.2) is 83.9 Å². The third-order valence-corrected chi connectivity index (χ3v) is 6.49. The third kappa shape index (κ3) is 9.75. The van der Waals surface area contributed by atoms with Gasteiger partial charge in [-0.05, 0) is 66.0 Å². The summed E-state index contributed by atoms with van der Waals surface area (Å²) in [6.07, 6.45) is 1.69. The van der Waals surface area contributed by atoms with Gasteiger partial charge in [0.2, 0.25) is 5.91 Å². The first kappa shape index (κ1) is 32.4. The number of likely N-dealkylation sites (N-methyl/N-ethyl adjacent to an activating group) is 1. The zero-order chi connectivity index (χ0) is 30.9. The van der Waals surface area contributed by atoms with Crippen LogP contribution in [0.25, 0.3) is 0 Å². The molecule has 230 valence electrons. The molecule has 2 aromatic rings. The quantitative estimate of drug-likeness (QED) is 0.271. The first-order valence-electron chi connectivity index (χ1n) is 14.1. The minimum Gasteiger partial charge on any atom is -0.493 e. The Labute approximate surface area is 246 Å². The van der Waals surface area contributed by atoms with E-state index in [2.05, 4.69) is 25.9 Å². The first-order chi connectivity index (χ1) is 19.8. The van der Waals surface area contributed by atoms with Gasteiger partial charge in [0.25, 0.3) is 5.91 Å². The number of nitrogens with two attached hydrogens (primary N) is 1. The molecule has 1 atom stereocenters. The lowest BCUT2D eigenvalue weighted by molar-refractivity contribution is -0.125. The molecular formula is C29H43N7O6. The van der Waals surface area contributed by atoms with Gasteiger partial charge in [0.1, 0.15) is 23.2 Å². The second-order valence-electron chi connectivity index (χ2n) is 11.2. The summed E-state index contributed by atoms with van der Waals surface area (Å²) in [5.74, 6) is 0.436. The molecule has 0 radical (unpaired) electrons. The number of rotatable bonds is 12. The number of carbonyl (C=O) groups excluding carboxylic acids is 3. The van der Waals surface area contributed by atoms with Gasteiger partial charge in [-0.2, -0.15) is 0 Å². The van der Waals surface area contributed by atoms with Gasteiger partial charge in [0.15, 0.2) is 11.5 Å². The predicted octanol–water partition coefficient (Wildman–Crippen LogP) is 3.36. The average Bonchev–Trinajstić information content (AvgIpc) is 2.93. The van der Waals surface area contributed by atoms with E-state index in [1.807, 2.05) is 6.07 Å². The summed E-state index contributed by atoms with van der Waals surface area (Å²) in [6, 6.07) is 6.71. The molecule has 0 spiro atoms. The van der Waals surface area contributed by atoms with Gasteiger partial charge in [0.05, 0.1) is 12.3 Å². The van der Waals surface area contributed by atoms with Crippen LogP contribution in [0, 0.1) is 6.92 Å². The molecule has 1 aliphatic rings. The molecule has 2 heterocycles. The van der Waals surface area contributed by atoms with Crippen molar-refractivity contribution in [3.05, 3.63) is 35.7 Å². The smallest absolute Gasteiger partial charge is 0.410 e. The number of amides is 3. The number of nitrogens with zero attached hydrogens (tertiary/aromatic N) is 3. The molecule has 0 unspecified atom stereocenters. The van der Waals surface area contributed by atoms with E-state index in [1.165, 1.54) is 11.9 Å². The molecule has 0 bridgehead atoms. The van der Waals surface area contributed by atoms with Gasteiger partial charge in [-0.1, -0.05) is 6.07 Å². The first-order valence-corrected chi connectivity index (χ1v) is 14.1. The molecule has 1 saturated heterocycles. The monoisotopic (exact) mass is 585 g/mol. The molecule has 1 aromatic heterocycles. The van der Waals surface area contributed by atoms with Crippen LogP contribution in [0.1, 0.15) is 63.1 Å². The second-order valence-corrected chi connectivity index (χ2v) is 11.2. The molecule has 3 rings (SSSR count). The topological polar surface area (TPSA) is 170 Å². The van der Waals surface area contributed by atoms with Crippen molar-refractivity contribution in [3.63, 3.8) is 0 Å². The largest absolute Gasteiger partial charge is 0.493 e. The standard InChI is InChI=1S/C29H43N7O6/c1-18-25(33-20-11-15-40-16-12-20)35-26(23(32-18)24(30)37)34-21-9-7-10-22(17-21)41-14-8-13-31-27(38)19(2)36(6)28(39)42-29(3,4)5/h7,9-10,17,19-20H,8,11-16H2,1-6H3,(H2,30,37)(H,31,38)(H2,33,34,35)/t19-/m0/s1. The van der Waals surface area contributed by atoms with Crippen LogP contribution < -0.4 is 26.4 Å². The maximum Gasteiger partial charge on any atom is 0.410 e. The molecule has 42 heavy (non-hydrogen) atoms. The fourth-order valence-corrected chi connectivity index (χ4v) is 4.04. The number of aryl methyl sites for hydroxylation is 1. The number of aromatic nitrogens is 2. The summed E-state index contributed by atoms with van der Waals surface area (Å²) in [7, 11) is 1.53. The second kappa shape index (κ2) is 14.7. The van der Waals surface area contributed by atoms with Crippen LogP contribution in [0.15, 0.2) is 24.3 Å². The number of anilines is 3. The maximum absolute atomic E-state index is 12.5. The van der Waals surface area contributed by atoms with Gasteiger partial charge in [0, 0.05) is 44.6 Å². The molecule has 5 N–H and O–H groups in total. The fraction of sp³-hybridized carbons (Fsp3) is 0.552. The summed E-state index contributed by atoms with van der Waals surface area (Å²) in [6.45, 7) is 10.8. The molecule has 1 aromatic carbocycles. The Balaban J connectivity index is 1.53. The van der Waals surface area contributed by atoms with E-state index >= 15 is 0 Å². The summed E-state index contributed by atoms with van der Waals surface area (Å²) in [5, 5.41) is 9.36. The number of nitrogens with one attached hydrogen (secondary N) is 3. The molecule has 13 nitrogen and oxygen atoms in total. The SMILES string of the molecule is Cc1nc(C(N)=O)c(Nc2cccc(OCCCNC(=O)[C@H](C)N(C)C(=O)OC(C)(C)C)c2)nc1NC1CCOCC1. The van der Waals surface area contributed by atoms with Gasteiger partial charge in [-0.3, -0.25) is 14.5 Å². The Morgan fingerprint density at radius 3 is 2.55 bits per heavy atom. The van der Waals surface area contributed by atoms with Crippen LogP contribution in [0.4, 0.5) is 22.1 Å². The van der Waals surface area contributed by atoms with E-state index in [0.29, 0.717) is 55.7 Å². The third-order valence-electron chi connectivity index (χ3n) is 6.49. The molecule has 3 amide bonds. The van der Waals surface area contributed by atoms with Gasteiger partial charge >= 0.3 is 6.09 Å². The number of hydrogen-bond donors (Lipinski definition) is 4. The zero-order valence-corrected chi connectivity index (χ0v) is 25.3. The van der Waals surface area contributed by atoms with E-state index in [0.717, 1.165) is 12.8 Å². The summed E-state index contributed by atoms with van der Waals surface area (Å²) < 4.78 is 16.6. The predicted molar refractivity (Wildman–Crippen MR) is 159 cm³/mol. The van der Waals surface area contributed by atoms with Gasteiger partial charge in [-0.15, -0.1) is 0 Å². The van der Waals surface area contributed by atoms with Crippen molar-refractivity contribution >= 4 is 35.2 Å². The van der Waals surface area contributed by atoms with E-state index < -0.39 is 23.6 Å². The molecular weight excluding hydrogens is 542 g/mol. The van der Waals surface area contributed by atoms with E-state index in [4.69, 9.17) is 19.9 Å². The highest BCUT2D eigenvalue weighted by Gasteiger charge is 2.26. The van der Waals surface area contributed by atoms with Gasteiger partial charge in [-0.25, -0.2) is 14.8 Å². The summed E-state index contributed by atoms with van der Waals surface area (Å²) >= 11 is 0. The lowest BCUT2D eigenvalue weighted by Gasteiger charge is -2.28. The Bertz CT molecular complexity index is 1240. The minimum atomic E-state index is -0.689. The lowest BCUT2D eigenvalue weighted by Crippen LogP contribution is -2.47. The number of carbonyl (C=O) groups is 3. The van der Waals surface area contributed by atoms with Gasteiger partial charge < -0.3 is 35.9 Å². The van der Waals surface area contributed by atoms with Crippen LogP contribution in [0.3, 0.4) is 0 Å². The highest BCUT2D eigenvalue weighted by Crippen LogP contribution is 2.25. The normalized spacial score (nSPS) is 14.4. The van der Waals surface area contributed by atoms with E-state index in [1.54, 1.807) is 52.8 Å². The van der Waals surface area contributed by atoms with Crippen LogP contribution in [-0.2, 0) is 14.3 Å². The van der Waals surface area contributed by atoms with Crippen LogP contribution in [0.2, 0.25) is 0 Å². The highest BCUT2D eigenvalue weighted by molar-refractivity contribution is 5.96. The van der Waals surface area contributed by atoms with Crippen LogP contribution >= 0.6 is 0 Å². The fourth-order valence-electron chi connectivity index (χ4n) is 4.04. The van der Waals surface area contributed by atoms with Crippen molar-refractivity contribution in [2.75, 3.05) is 44.0 Å². The average molecular weight is 586 g/mol. The minimum absolute atomic E-state index is 0.0404. The van der Waals surface area contributed by atoms with Crippen molar-refractivity contribution < 1.29 is 28.6 Å². The molecule has 0 saturated carbocycles. The van der Waals surface area contributed by atoms with Crippen molar-refractivity contribution in [2.45, 2.75) is 71.6 Å². The van der Waals surface area contributed by atoms with Crippen LogP contribution in [0.5, 0.6) is 5.75 Å². The van der Waals surface area contributed by atoms with E-state index in [-0.39, 0.29) is 23.5 Å². The lowest BCUT2D eigenvalue weighted by atomic mass is 10.1. The molecule has 13 heteroatoms. The number of hydrogen-bond acceptors (Lipinski definition) is 10. The molecule has 1 fully saturated rings. The van der Waals surface area contributed by atoms with Crippen molar-refractivity contribution in [3.8, 4) is 5.75 Å². The van der Waals surface area contributed by atoms with E-state index in [9.17, 15) is 14.4 Å². The highest BCUT2D eigenvalue weighted by atomic mass is 16.6. The summed E-state index contributed by atoms with van der Waals surface area (Å²) in [5.41, 5.74) is 6.20. The number of primary amides is 1. The molecule has 1 aliphatic heterocycles. The number of ether oxygens (including phenoxy) is 3. The molecule has 0 aliphatic carbocycles. The van der Waals surface area contributed by atoms with Crippen molar-refractivity contribution in [1.29, 1.82) is 0 Å². The maximum atomic E-state index is 12.5.